The highest BCUT2D eigenvalue weighted by atomic mass is 32.2. The zero-order chi connectivity index (χ0) is 22.0. The van der Waals surface area contributed by atoms with E-state index in [9.17, 15) is 18.0 Å². The zero-order valence-electron chi connectivity index (χ0n) is 18.3. The van der Waals surface area contributed by atoms with E-state index in [0.717, 1.165) is 45.2 Å². The minimum Gasteiger partial charge on any atom is -0.438 e. The van der Waals surface area contributed by atoms with Crippen molar-refractivity contribution in [2.24, 2.45) is 11.8 Å². The summed E-state index contributed by atoms with van der Waals surface area (Å²) in [6.07, 6.45) is 6.11. The Morgan fingerprint density at radius 1 is 0.871 bits per heavy atom. The van der Waals surface area contributed by atoms with E-state index in [1.165, 1.54) is 16.4 Å². The molecule has 3 aliphatic rings. The third kappa shape index (κ3) is 4.82. The molecule has 0 bridgehead atoms. The molecule has 0 atom stereocenters. The maximum atomic E-state index is 12.9. The van der Waals surface area contributed by atoms with Crippen LogP contribution in [-0.4, -0.2) is 73.6 Å². The lowest BCUT2D eigenvalue weighted by Gasteiger charge is -2.36. The largest absolute Gasteiger partial charge is 0.438 e. The van der Waals surface area contributed by atoms with Crippen LogP contribution in [0.4, 0.5) is 0 Å². The van der Waals surface area contributed by atoms with Crippen molar-refractivity contribution in [1.29, 1.82) is 0 Å². The summed E-state index contributed by atoms with van der Waals surface area (Å²) in [5.74, 6) is 0.597. The molecule has 3 fully saturated rings. The number of hydrogen-bond donors (Lipinski definition) is 0. The van der Waals surface area contributed by atoms with Gasteiger partial charge in [-0.3, -0.25) is 9.59 Å². The van der Waals surface area contributed by atoms with Gasteiger partial charge in [0, 0.05) is 45.2 Å². The van der Waals surface area contributed by atoms with Crippen LogP contribution < -0.4 is 0 Å². The van der Waals surface area contributed by atoms with Gasteiger partial charge in [0.25, 0.3) is 15.9 Å². The summed E-state index contributed by atoms with van der Waals surface area (Å²) in [5.41, 5.74) is 0. The van der Waals surface area contributed by atoms with Crippen molar-refractivity contribution >= 4 is 21.8 Å². The number of amides is 2. The van der Waals surface area contributed by atoms with Gasteiger partial charge in [0.2, 0.25) is 11.0 Å². The third-order valence-electron chi connectivity index (χ3n) is 6.93. The first-order valence-electron chi connectivity index (χ1n) is 11.5. The van der Waals surface area contributed by atoms with E-state index in [-0.39, 0.29) is 28.6 Å². The van der Waals surface area contributed by atoms with Crippen LogP contribution >= 0.6 is 0 Å². The molecular formula is C22H33N3O5S. The molecule has 0 N–H and O–H groups in total. The fourth-order valence-corrected chi connectivity index (χ4v) is 6.21. The molecule has 8 nitrogen and oxygen atoms in total. The maximum Gasteiger partial charge on any atom is 0.289 e. The highest BCUT2D eigenvalue weighted by Gasteiger charge is 2.34. The van der Waals surface area contributed by atoms with E-state index in [4.69, 9.17) is 4.42 Å². The van der Waals surface area contributed by atoms with Crippen LogP contribution in [0.15, 0.2) is 21.6 Å². The number of likely N-dealkylation sites (tertiary alicyclic amines) is 2. The molecule has 3 saturated heterocycles. The lowest BCUT2D eigenvalue weighted by molar-refractivity contribution is -0.138. The standard InChI is InChI=1S/C22H33N3O5S/c1-17-7-13-23(14-8-17)21(26)18-9-15-24(16-10-18)22(27)19-5-6-20(30-19)31(28,29)25-11-3-2-4-12-25/h5-6,17-18H,2-4,7-16H2,1H3. The summed E-state index contributed by atoms with van der Waals surface area (Å²) < 4.78 is 32.4. The van der Waals surface area contributed by atoms with Gasteiger partial charge in [-0.05, 0) is 56.6 Å². The molecule has 2 amide bonds. The van der Waals surface area contributed by atoms with E-state index < -0.39 is 10.0 Å². The number of hydrogen-bond acceptors (Lipinski definition) is 5. The highest BCUT2D eigenvalue weighted by molar-refractivity contribution is 7.89. The second-order valence-electron chi connectivity index (χ2n) is 9.16. The van der Waals surface area contributed by atoms with Crippen LogP contribution in [0.25, 0.3) is 0 Å². The lowest BCUT2D eigenvalue weighted by atomic mass is 9.92. The fraction of sp³-hybridized carbons (Fsp3) is 0.727. The van der Waals surface area contributed by atoms with Crippen LogP contribution in [0.3, 0.4) is 0 Å². The summed E-state index contributed by atoms with van der Waals surface area (Å²) in [6.45, 7) is 5.83. The van der Waals surface area contributed by atoms with Crippen molar-refractivity contribution in [1.82, 2.24) is 14.1 Å². The first-order valence-corrected chi connectivity index (χ1v) is 13.0. The van der Waals surface area contributed by atoms with Crippen molar-refractivity contribution in [2.45, 2.75) is 57.0 Å². The predicted molar refractivity (Wildman–Crippen MR) is 115 cm³/mol. The van der Waals surface area contributed by atoms with E-state index in [1.807, 2.05) is 4.90 Å². The van der Waals surface area contributed by atoms with E-state index in [0.29, 0.717) is 44.9 Å². The van der Waals surface area contributed by atoms with Crippen molar-refractivity contribution in [3.63, 3.8) is 0 Å². The Morgan fingerprint density at radius 3 is 2.13 bits per heavy atom. The number of nitrogens with zero attached hydrogens (tertiary/aromatic N) is 3. The molecule has 3 aliphatic heterocycles. The maximum absolute atomic E-state index is 12.9. The first kappa shape index (κ1) is 22.3. The predicted octanol–water partition coefficient (Wildman–Crippen LogP) is 2.56. The summed E-state index contributed by atoms with van der Waals surface area (Å²) in [7, 11) is -3.70. The Hall–Kier alpha value is -1.87. The van der Waals surface area contributed by atoms with Crippen LogP contribution in [0.5, 0.6) is 0 Å². The Labute approximate surface area is 184 Å². The monoisotopic (exact) mass is 451 g/mol. The summed E-state index contributed by atoms with van der Waals surface area (Å²) in [4.78, 5) is 29.3. The number of sulfonamides is 1. The van der Waals surface area contributed by atoms with Gasteiger partial charge in [-0.25, -0.2) is 8.42 Å². The molecule has 4 heterocycles. The van der Waals surface area contributed by atoms with Gasteiger partial charge in [-0.1, -0.05) is 13.3 Å². The molecule has 4 rings (SSSR count). The quantitative estimate of drug-likeness (QED) is 0.702. The van der Waals surface area contributed by atoms with Crippen LogP contribution in [0.1, 0.15) is 62.4 Å². The highest BCUT2D eigenvalue weighted by Crippen LogP contribution is 2.26. The minimum atomic E-state index is -3.70. The number of carbonyl (C=O) groups excluding carboxylic acids is 2. The average Bonchev–Trinajstić information content (AvgIpc) is 3.31. The summed E-state index contributed by atoms with van der Waals surface area (Å²) in [5, 5.41) is -0.165. The second-order valence-corrected chi connectivity index (χ2v) is 11.0. The minimum absolute atomic E-state index is 0.0379. The normalized spacial score (nSPS) is 22.6. The number of furan rings is 1. The zero-order valence-corrected chi connectivity index (χ0v) is 19.1. The van der Waals surface area contributed by atoms with Gasteiger partial charge < -0.3 is 14.2 Å². The van der Waals surface area contributed by atoms with E-state index >= 15 is 0 Å². The van der Waals surface area contributed by atoms with E-state index in [2.05, 4.69) is 6.92 Å². The molecule has 172 valence electrons. The van der Waals surface area contributed by atoms with Crippen LogP contribution in [0.2, 0.25) is 0 Å². The van der Waals surface area contributed by atoms with Crippen molar-refractivity contribution < 1.29 is 22.4 Å². The average molecular weight is 452 g/mol. The van der Waals surface area contributed by atoms with Crippen molar-refractivity contribution in [3.8, 4) is 0 Å². The van der Waals surface area contributed by atoms with Gasteiger partial charge in [0.1, 0.15) is 0 Å². The fourth-order valence-electron chi connectivity index (χ4n) is 4.78. The van der Waals surface area contributed by atoms with Gasteiger partial charge in [-0.15, -0.1) is 0 Å². The number of piperidine rings is 3. The number of carbonyl (C=O) groups is 2. The van der Waals surface area contributed by atoms with Gasteiger partial charge in [0.05, 0.1) is 0 Å². The molecule has 0 saturated carbocycles. The van der Waals surface area contributed by atoms with E-state index in [1.54, 1.807) is 4.90 Å². The van der Waals surface area contributed by atoms with Gasteiger partial charge in [0.15, 0.2) is 5.76 Å². The molecule has 1 aromatic heterocycles. The molecule has 9 heteroatoms. The third-order valence-corrected chi connectivity index (χ3v) is 8.70. The molecule has 0 radical (unpaired) electrons. The Balaban J connectivity index is 1.33. The molecule has 0 aromatic carbocycles. The van der Waals surface area contributed by atoms with Gasteiger partial charge in [-0.2, -0.15) is 4.31 Å². The molecule has 0 spiro atoms. The second kappa shape index (κ2) is 9.32. The SMILES string of the molecule is CC1CCN(C(=O)C2CCN(C(=O)c3ccc(S(=O)(=O)N4CCCCC4)o3)CC2)CC1. The Bertz CT molecular complexity index is 890. The number of rotatable bonds is 4. The first-order chi connectivity index (χ1) is 14.9. The molecule has 0 aliphatic carbocycles. The molecular weight excluding hydrogens is 418 g/mol. The van der Waals surface area contributed by atoms with Gasteiger partial charge >= 0.3 is 0 Å². The molecule has 1 aromatic rings. The molecule has 0 unspecified atom stereocenters. The van der Waals surface area contributed by atoms with Crippen molar-refractivity contribution in [2.75, 3.05) is 39.3 Å². The lowest BCUT2D eigenvalue weighted by Crippen LogP contribution is -2.46. The summed E-state index contributed by atoms with van der Waals surface area (Å²) >= 11 is 0. The topological polar surface area (TPSA) is 91.1 Å². The molecule has 31 heavy (non-hydrogen) atoms. The van der Waals surface area contributed by atoms with Crippen LogP contribution in [-0.2, 0) is 14.8 Å². The Morgan fingerprint density at radius 2 is 1.48 bits per heavy atom. The Kier molecular flexibility index (Phi) is 6.71. The summed E-state index contributed by atoms with van der Waals surface area (Å²) in [6, 6.07) is 2.83. The smallest absolute Gasteiger partial charge is 0.289 e. The van der Waals surface area contributed by atoms with Crippen molar-refractivity contribution in [3.05, 3.63) is 17.9 Å². The van der Waals surface area contributed by atoms with Crippen LogP contribution in [0, 0.1) is 11.8 Å².